The van der Waals surface area contributed by atoms with Crippen LogP contribution in [0.2, 0.25) is 0 Å². The molecule has 0 amide bonds. The van der Waals surface area contributed by atoms with Crippen LogP contribution in [0.15, 0.2) is 19.6 Å². The molecule has 2 aromatic rings. The van der Waals surface area contributed by atoms with Crippen LogP contribution in [0.3, 0.4) is 0 Å². The third-order valence-electron chi connectivity index (χ3n) is 2.94. The highest BCUT2D eigenvalue weighted by Gasteiger charge is 2.22. The van der Waals surface area contributed by atoms with Gasteiger partial charge in [0.25, 0.3) is 0 Å². The highest BCUT2D eigenvalue weighted by Crippen LogP contribution is 2.56. The minimum absolute atomic E-state index is 1.28. The van der Waals surface area contributed by atoms with Crippen molar-refractivity contribution in [2.45, 2.75) is 47.3 Å². The molecule has 0 bridgehead atoms. The lowest BCUT2D eigenvalue weighted by molar-refractivity contribution is 1.16. The molecular formula is C12H14N2S4. The van der Waals surface area contributed by atoms with Crippen LogP contribution in [-0.2, 0) is 0 Å². The topological polar surface area (TPSA) is 31.6 Å². The molecule has 6 heteroatoms. The smallest absolute Gasteiger partial charge is 0.0538 e. The van der Waals surface area contributed by atoms with Crippen molar-refractivity contribution in [3.05, 3.63) is 22.8 Å². The van der Waals surface area contributed by atoms with Crippen LogP contribution >= 0.6 is 43.2 Å². The van der Waals surface area contributed by atoms with Gasteiger partial charge in [-0.3, -0.25) is 0 Å². The Kier molecular flexibility index (Phi) is 3.47. The van der Waals surface area contributed by atoms with E-state index in [4.69, 9.17) is 0 Å². The van der Waals surface area contributed by atoms with Gasteiger partial charge in [-0.15, -0.1) is 0 Å². The Morgan fingerprint density at radius 2 is 0.722 bits per heavy atom. The summed E-state index contributed by atoms with van der Waals surface area (Å²) in [5.74, 6) is 0. The summed E-state index contributed by atoms with van der Waals surface area (Å²) in [7, 11) is 7.49. The third-order valence-corrected chi connectivity index (χ3v) is 8.57. The molecule has 1 aliphatic heterocycles. The van der Waals surface area contributed by atoms with Crippen molar-refractivity contribution in [3.8, 4) is 0 Å². The molecule has 0 aliphatic carbocycles. The van der Waals surface area contributed by atoms with Crippen molar-refractivity contribution >= 4 is 43.2 Å². The molecule has 0 unspecified atom stereocenters. The van der Waals surface area contributed by atoms with E-state index < -0.39 is 0 Å². The summed E-state index contributed by atoms with van der Waals surface area (Å²) in [5.41, 5.74) is 5.12. The third kappa shape index (κ3) is 2.03. The van der Waals surface area contributed by atoms with Crippen LogP contribution in [-0.4, -0.2) is 9.97 Å². The second-order valence-corrected chi connectivity index (χ2v) is 8.70. The largest absolute Gasteiger partial charge is 0.361 e. The summed E-state index contributed by atoms with van der Waals surface area (Å²) in [6.45, 7) is 8.62. The van der Waals surface area contributed by atoms with Crippen LogP contribution in [0.5, 0.6) is 0 Å². The van der Waals surface area contributed by atoms with Crippen LogP contribution in [0, 0.1) is 27.7 Å². The van der Waals surface area contributed by atoms with Crippen molar-refractivity contribution in [3.63, 3.8) is 0 Å². The number of aromatic nitrogens is 2. The molecule has 3 heterocycles. The van der Waals surface area contributed by atoms with E-state index in [2.05, 4.69) is 37.7 Å². The molecule has 0 atom stereocenters. The van der Waals surface area contributed by atoms with Crippen LogP contribution in [0.25, 0.3) is 0 Å². The molecule has 2 N–H and O–H groups in total. The van der Waals surface area contributed by atoms with Crippen LogP contribution in [0.4, 0.5) is 0 Å². The number of nitrogens with one attached hydrogen (secondary N) is 2. The average Bonchev–Trinajstić information content (AvgIpc) is 2.65. The molecule has 0 saturated heterocycles. The second-order valence-electron chi connectivity index (χ2n) is 4.40. The van der Waals surface area contributed by atoms with Gasteiger partial charge in [0, 0.05) is 22.8 Å². The van der Waals surface area contributed by atoms with E-state index in [1.165, 1.54) is 42.4 Å². The lowest BCUT2D eigenvalue weighted by Gasteiger charge is -2.11. The lowest BCUT2D eigenvalue weighted by Crippen LogP contribution is -1.79. The Labute approximate surface area is 123 Å². The number of hydrogen-bond donors (Lipinski definition) is 2. The van der Waals surface area contributed by atoms with Crippen molar-refractivity contribution in [1.29, 1.82) is 0 Å². The van der Waals surface area contributed by atoms with Gasteiger partial charge in [0.2, 0.25) is 0 Å². The molecule has 3 rings (SSSR count). The Morgan fingerprint density at radius 3 is 0.944 bits per heavy atom. The first-order chi connectivity index (χ1) is 8.58. The fourth-order valence-electron chi connectivity index (χ4n) is 2.04. The first-order valence-corrected chi connectivity index (χ1v) is 9.95. The zero-order valence-electron chi connectivity index (χ0n) is 10.6. The first-order valence-electron chi connectivity index (χ1n) is 5.65. The molecule has 18 heavy (non-hydrogen) atoms. The molecule has 2 nitrogen and oxygen atoms in total. The van der Waals surface area contributed by atoms with Gasteiger partial charge in [-0.05, 0) is 70.9 Å². The Balaban J connectivity index is 2.04. The number of rotatable bonds is 0. The zero-order chi connectivity index (χ0) is 12.9. The van der Waals surface area contributed by atoms with Crippen LogP contribution < -0.4 is 0 Å². The van der Waals surface area contributed by atoms with Crippen molar-refractivity contribution in [2.75, 3.05) is 0 Å². The zero-order valence-corrected chi connectivity index (χ0v) is 13.9. The summed E-state index contributed by atoms with van der Waals surface area (Å²) in [6, 6.07) is 0. The maximum absolute atomic E-state index is 3.45. The van der Waals surface area contributed by atoms with E-state index in [9.17, 15) is 0 Å². The minimum Gasteiger partial charge on any atom is -0.361 e. The second kappa shape index (κ2) is 4.81. The molecular weight excluding hydrogens is 300 g/mol. The highest BCUT2D eigenvalue weighted by molar-refractivity contribution is 8.79. The SMILES string of the molecule is Cc1[nH]c(C)c2c1SSc1c(C)[nH]c(C)c1SS2. The molecule has 0 saturated carbocycles. The van der Waals surface area contributed by atoms with Crippen LogP contribution in [0.1, 0.15) is 22.8 Å². The van der Waals surface area contributed by atoms with E-state index >= 15 is 0 Å². The van der Waals surface area contributed by atoms with Gasteiger partial charge >= 0.3 is 0 Å². The van der Waals surface area contributed by atoms with E-state index in [0.29, 0.717) is 0 Å². The summed E-state index contributed by atoms with van der Waals surface area (Å²) < 4.78 is 0. The Hall–Kier alpha value is -0.0400. The quantitative estimate of drug-likeness (QED) is 0.630. The standard InChI is InChI=1S/C12H14N2S4/c1-5-9-10(6(2)13-5)16-18-12-8(4)14-7(3)11(12)17-15-9/h13-14H,1-4H3. The Bertz CT molecular complexity index is 509. The number of aryl methyl sites for hydroxylation is 4. The normalized spacial score (nSPS) is 14.9. The minimum atomic E-state index is 1.28. The summed E-state index contributed by atoms with van der Waals surface area (Å²) in [5, 5.41) is 0. The number of hydrogen-bond acceptors (Lipinski definition) is 4. The summed E-state index contributed by atoms with van der Waals surface area (Å²) >= 11 is 0. The fraction of sp³-hybridized carbons (Fsp3) is 0.333. The average molecular weight is 315 g/mol. The number of H-pyrrole nitrogens is 2. The molecule has 0 radical (unpaired) electrons. The highest BCUT2D eigenvalue weighted by atomic mass is 33.1. The summed E-state index contributed by atoms with van der Waals surface area (Å²) in [4.78, 5) is 12.4. The maximum Gasteiger partial charge on any atom is 0.0538 e. The molecule has 0 spiro atoms. The van der Waals surface area contributed by atoms with Crippen molar-refractivity contribution in [1.82, 2.24) is 9.97 Å². The van der Waals surface area contributed by atoms with E-state index in [1.54, 1.807) is 0 Å². The predicted octanol–water partition coefficient (Wildman–Crippen LogP) is 5.49. The number of aromatic amines is 2. The molecule has 0 aromatic carbocycles. The van der Waals surface area contributed by atoms with Gasteiger partial charge in [0.05, 0.1) is 19.6 Å². The van der Waals surface area contributed by atoms with Crippen molar-refractivity contribution < 1.29 is 0 Å². The van der Waals surface area contributed by atoms with E-state index in [0.717, 1.165) is 0 Å². The van der Waals surface area contributed by atoms with Gasteiger partial charge in [0.15, 0.2) is 0 Å². The first kappa shape index (κ1) is 13.0. The van der Waals surface area contributed by atoms with E-state index in [1.807, 2.05) is 43.2 Å². The van der Waals surface area contributed by atoms with Gasteiger partial charge in [-0.25, -0.2) is 0 Å². The Morgan fingerprint density at radius 1 is 0.500 bits per heavy atom. The van der Waals surface area contributed by atoms with Gasteiger partial charge in [0.1, 0.15) is 0 Å². The van der Waals surface area contributed by atoms with Gasteiger partial charge in [-0.2, -0.15) is 0 Å². The fourth-order valence-corrected chi connectivity index (χ4v) is 8.62. The van der Waals surface area contributed by atoms with Crippen molar-refractivity contribution in [2.24, 2.45) is 0 Å². The molecule has 1 aliphatic rings. The maximum atomic E-state index is 3.45. The predicted molar refractivity (Wildman–Crippen MR) is 84.0 cm³/mol. The lowest BCUT2D eigenvalue weighted by atomic mass is 10.4. The number of fused-ring (bicyclic) bond motifs is 2. The van der Waals surface area contributed by atoms with Gasteiger partial charge in [-0.1, -0.05) is 0 Å². The molecule has 96 valence electrons. The van der Waals surface area contributed by atoms with Gasteiger partial charge < -0.3 is 9.97 Å². The molecule has 0 fully saturated rings. The molecule has 2 aromatic heterocycles. The van der Waals surface area contributed by atoms with E-state index in [-0.39, 0.29) is 0 Å². The summed E-state index contributed by atoms with van der Waals surface area (Å²) in [6.07, 6.45) is 0. The monoisotopic (exact) mass is 314 g/mol.